The summed E-state index contributed by atoms with van der Waals surface area (Å²) >= 11 is 0. The minimum absolute atomic E-state index is 0. The van der Waals surface area contributed by atoms with Gasteiger partial charge in [-0.05, 0) is 26.0 Å². The van der Waals surface area contributed by atoms with Crippen LogP contribution in [-0.4, -0.2) is 32.8 Å². The fourth-order valence-corrected chi connectivity index (χ4v) is 1.52. The van der Waals surface area contributed by atoms with Crippen LogP contribution in [-0.2, 0) is 9.53 Å². The number of carbonyl (C=O) groups is 1. The van der Waals surface area contributed by atoms with Gasteiger partial charge in [-0.3, -0.25) is 0 Å². The number of hydrogen-bond acceptors (Lipinski definition) is 5. The highest BCUT2D eigenvalue weighted by atomic mass is 35.5. The molecule has 0 spiro atoms. The number of nitrogens with one attached hydrogen (secondary N) is 1. The van der Waals surface area contributed by atoms with Gasteiger partial charge in [0.05, 0.1) is 20.8 Å². The minimum atomic E-state index is -0.419. The predicted octanol–water partition coefficient (Wildman–Crippen LogP) is 2.49. The molecule has 0 aromatic heterocycles. The number of anilines is 1. The minimum Gasteiger partial charge on any atom is -0.493 e. The Labute approximate surface area is 119 Å². The lowest BCUT2D eigenvalue weighted by atomic mass is 10.2. The van der Waals surface area contributed by atoms with Crippen LogP contribution in [0.1, 0.15) is 13.8 Å². The SMILES string of the molecule is CCOc1ccc(N[C@@H](C)C(=O)OC)cc1OC.Cl. The molecule has 0 unspecified atom stereocenters. The van der Waals surface area contributed by atoms with Crippen LogP contribution in [0.25, 0.3) is 0 Å². The van der Waals surface area contributed by atoms with Gasteiger partial charge in [-0.1, -0.05) is 0 Å². The average Bonchev–Trinajstić information content (AvgIpc) is 2.39. The molecular weight excluding hydrogens is 270 g/mol. The normalized spacial score (nSPS) is 10.9. The number of rotatable bonds is 6. The van der Waals surface area contributed by atoms with E-state index in [1.165, 1.54) is 7.11 Å². The molecule has 1 N–H and O–H groups in total. The summed E-state index contributed by atoms with van der Waals surface area (Å²) in [7, 11) is 2.94. The van der Waals surface area contributed by atoms with E-state index in [9.17, 15) is 4.79 Å². The van der Waals surface area contributed by atoms with Crippen LogP contribution in [0.3, 0.4) is 0 Å². The van der Waals surface area contributed by atoms with E-state index in [-0.39, 0.29) is 18.4 Å². The molecule has 0 saturated heterocycles. The van der Waals surface area contributed by atoms with Crippen molar-refractivity contribution >= 4 is 24.1 Å². The third-order valence-corrected chi connectivity index (χ3v) is 2.40. The molecule has 0 aliphatic rings. The zero-order valence-corrected chi connectivity index (χ0v) is 12.4. The summed E-state index contributed by atoms with van der Waals surface area (Å²) in [6, 6.07) is 4.99. The lowest BCUT2D eigenvalue weighted by Crippen LogP contribution is -2.27. The van der Waals surface area contributed by atoms with Crippen LogP contribution in [0.4, 0.5) is 5.69 Å². The molecule has 1 atom stereocenters. The summed E-state index contributed by atoms with van der Waals surface area (Å²) < 4.78 is 15.3. The molecular formula is C13H20ClNO4. The van der Waals surface area contributed by atoms with Crippen molar-refractivity contribution in [2.75, 3.05) is 26.1 Å². The lowest BCUT2D eigenvalue weighted by molar-refractivity contribution is -0.141. The van der Waals surface area contributed by atoms with Crippen molar-refractivity contribution < 1.29 is 19.0 Å². The largest absolute Gasteiger partial charge is 0.493 e. The van der Waals surface area contributed by atoms with Crippen LogP contribution < -0.4 is 14.8 Å². The van der Waals surface area contributed by atoms with Crippen molar-refractivity contribution in [3.63, 3.8) is 0 Å². The van der Waals surface area contributed by atoms with E-state index >= 15 is 0 Å². The Bertz CT molecular complexity index is 412. The first-order chi connectivity index (χ1) is 8.62. The third kappa shape index (κ3) is 4.87. The summed E-state index contributed by atoms with van der Waals surface area (Å²) in [6.45, 7) is 4.21. The van der Waals surface area contributed by atoms with E-state index in [4.69, 9.17) is 9.47 Å². The van der Waals surface area contributed by atoms with Gasteiger partial charge in [-0.15, -0.1) is 12.4 Å². The molecule has 0 saturated carbocycles. The summed E-state index contributed by atoms with van der Waals surface area (Å²) in [6.07, 6.45) is 0. The molecule has 1 aromatic rings. The van der Waals surface area contributed by atoms with Gasteiger partial charge in [0.25, 0.3) is 0 Å². The molecule has 1 rings (SSSR count). The van der Waals surface area contributed by atoms with Crippen molar-refractivity contribution in [1.82, 2.24) is 0 Å². The highest BCUT2D eigenvalue weighted by molar-refractivity contribution is 5.85. The van der Waals surface area contributed by atoms with Crippen LogP contribution in [0.15, 0.2) is 18.2 Å². The Balaban J connectivity index is 0.00000324. The number of benzene rings is 1. The first-order valence-electron chi connectivity index (χ1n) is 5.77. The monoisotopic (exact) mass is 289 g/mol. The number of carbonyl (C=O) groups excluding carboxylic acids is 1. The molecule has 5 nitrogen and oxygen atoms in total. The number of ether oxygens (including phenoxy) is 3. The second-order valence-corrected chi connectivity index (χ2v) is 3.69. The first-order valence-corrected chi connectivity index (χ1v) is 5.77. The zero-order chi connectivity index (χ0) is 13.5. The number of methoxy groups -OCH3 is 2. The van der Waals surface area contributed by atoms with Crippen molar-refractivity contribution in [3.05, 3.63) is 18.2 Å². The molecule has 0 aliphatic carbocycles. The maximum Gasteiger partial charge on any atom is 0.327 e. The van der Waals surface area contributed by atoms with Gasteiger partial charge in [-0.25, -0.2) is 4.79 Å². The van der Waals surface area contributed by atoms with E-state index < -0.39 is 6.04 Å². The molecule has 0 radical (unpaired) electrons. The van der Waals surface area contributed by atoms with Gasteiger partial charge in [0.15, 0.2) is 11.5 Å². The van der Waals surface area contributed by atoms with E-state index in [0.717, 1.165) is 5.69 Å². The van der Waals surface area contributed by atoms with Gasteiger partial charge in [0.2, 0.25) is 0 Å². The Morgan fingerprint density at radius 2 is 2.00 bits per heavy atom. The molecule has 1 aromatic carbocycles. The Kier molecular flexibility index (Phi) is 7.75. The maximum absolute atomic E-state index is 11.3. The molecule has 6 heteroatoms. The highest BCUT2D eigenvalue weighted by Gasteiger charge is 2.13. The fourth-order valence-electron chi connectivity index (χ4n) is 1.52. The van der Waals surface area contributed by atoms with E-state index in [0.29, 0.717) is 18.1 Å². The molecule has 0 bridgehead atoms. The molecule has 0 amide bonds. The van der Waals surface area contributed by atoms with E-state index in [1.54, 1.807) is 26.2 Å². The molecule has 108 valence electrons. The van der Waals surface area contributed by atoms with Crippen molar-refractivity contribution in [2.24, 2.45) is 0 Å². The Morgan fingerprint density at radius 3 is 2.53 bits per heavy atom. The molecule has 19 heavy (non-hydrogen) atoms. The van der Waals surface area contributed by atoms with Crippen LogP contribution in [0.5, 0.6) is 11.5 Å². The van der Waals surface area contributed by atoms with Crippen LogP contribution in [0, 0.1) is 0 Å². The summed E-state index contributed by atoms with van der Waals surface area (Å²) in [5.74, 6) is 0.984. The number of esters is 1. The number of halogens is 1. The summed E-state index contributed by atoms with van der Waals surface area (Å²) in [5, 5.41) is 3.03. The van der Waals surface area contributed by atoms with Crippen molar-refractivity contribution in [3.8, 4) is 11.5 Å². The third-order valence-electron chi connectivity index (χ3n) is 2.40. The average molecular weight is 290 g/mol. The zero-order valence-electron chi connectivity index (χ0n) is 11.6. The van der Waals surface area contributed by atoms with Crippen molar-refractivity contribution in [1.29, 1.82) is 0 Å². The van der Waals surface area contributed by atoms with E-state index in [1.807, 2.05) is 13.0 Å². The van der Waals surface area contributed by atoms with Crippen molar-refractivity contribution in [2.45, 2.75) is 19.9 Å². The number of hydrogen-bond donors (Lipinski definition) is 1. The molecule has 0 aliphatic heterocycles. The fraction of sp³-hybridized carbons (Fsp3) is 0.462. The maximum atomic E-state index is 11.3. The predicted molar refractivity (Wildman–Crippen MR) is 76.5 cm³/mol. The quantitative estimate of drug-likeness (QED) is 0.816. The molecule has 0 fully saturated rings. The highest BCUT2D eigenvalue weighted by Crippen LogP contribution is 2.30. The van der Waals surface area contributed by atoms with Crippen LogP contribution in [0.2, 0.25) is 0 Å². The van der Waals surface area contributed by atoms with Crippen LogP contribution >= 0.6 is 12.4 Å². The van der Waals surface area contributed by atoms with Gasteiger partial charge in [-0.2, -0.15) is 0 Å². The standard InChI is InChI=1S/C13H19NO4.ClH/c1-5-18-11-7-6-10(8-12(11)16-3)14-9(2)13(15)17-4;/h6-9,14H,5H2,1-4H3;1H/t9-;/m0./s1. The second-order valence-electron chi connectivity index (χ2n) is 3.69. The topological polar surface area (TPSA) is 56.8 Å². The molecule has 0 heterocycles. The van der Waals surface area contributed by atoms with Gasteiger partial charge < -0.3 is 19.5 Å². The van der Waals surface area contributed by atoms with Gasteiger partial charge >= 0.3 is 5.97 Å². The second kappa shape index (κ2) is 8.48. The van der Waals surface area contributed by atoms with E-state index in [2.05, 4.69) is 10.1 Å². The summed E-state index contributed by atoms with van der Waals surface area (Å²) in [4.78, 5) is 11.3. The first kappa shape index (κ1) is 17.4. The summed E-state index contributed by atoms with van der Waals surface area (Å²) in [5.41, 5.74) is 0.771. The smallest absolute Gasteiger partial charge is 0.327 e. The Morgan fingerprint density at radius 1 is 1.32 bits per heavy atom. The van der Waals surface area contributed by atoms with Gasteiger partial charge in [0.1, 0.15) is 6.04 Å². The Hall–Kier alpha value is -1.62. The lowest BCUT2D eigenvalue weighted by Gasteiger charge is -2.15. The van der Waals surface area contributed by atoms with Gasteiger partial charge in [0, 0.05) is 11.8 Å².